The molecule has 7 nitrogen and oxygen atoms in total. The summed E-state index contributed by atoms with van der Waals surface area (Å²) in [6.45, 7) is 1.81. The molecule has 1 unspecified atom stereocenters. The van der Waals surface area contributed by atoms with Crippen molar-refractivity contribution >= 4 is 11.9 Å². The number of carboxylic acids is 1. The van der Waals surface area contributed by atoms with E-state index in [1.165, 1.54) is 4.68 Å². The Morgan fingerprint density at radius 2 is 2.24 bits per heavy atom. The number of rotatable bonds is 5. The summed E-state index contributed by atoms with van der Waals surface area (Å²) in [6, 6.07) is 0. The number of aliphatic hydroxyl groups excluding tert-OH is 1. The molecule has 17 heavy (non-hydrogen) atoms. The number of aryl methyl sites for hydroxylation is 2. The van der Waals surface area contributed by atoms with Crippen molar-refractivity contribution in [1.82, 2.24) is 15.1 Å². The van der Waals surface area contributed by atoms with Crippen LogP contribution >= 0.6 is 0 Å². The molecule has 0 aliphatic rings. The second-order valence-corrected chi connectivity index (χ2v) is 3.70. The van der Waals surface area contributed by atoms with Gasteiger partial charge in [0.05, 0.1) is 11.3 Å². The number of aliphatic hydroxyl groups is 1. The van der Waals surface area contributed by atoms with Gasteiger partial charge in [-0.3, -0.25) is 9.48 Å². The summed E-state index contributed by atoms with van der Waals surface area (Å²) in [7, 11) is 1.71. The van der Waals surface area contributed by atoms with E-state index in [9.17, 15) is 9.59 Å². The third-order valence-electron chi connectivity index (χ3n) is 2.25. The number of carboxylic acid groups (broad SMARTS) is 1. The van der Waals surface area contributed by atoms with E-state index in [0.717, 1.165) is 0 Å². The molecule has 0 aromatic carbocycles. The predicted molar refractivity (Wildman–Crippen MR) is 58.5 cm³/mol. The van der Waals surface area contributed by atoms with Gasteiger partial charge in [0.15, 0.2) is 6.10 Å². The van der Waals surface area contributed by atoms with E-state index < -0.39 is 12.1 Å². The van der Waals surface area contributed by atoms with Crippen molar-refractivity contribution in [3.8, 4) is 0 Å². The Labute approximate surface area is 98.1 Å². The van der Waals surface area contributed by atoms with Gasteiger partial charge in [-0.05, 0) is 6.92 Å². The molecule has 0 bridgehead atoms. The summed E-state index contributed by atoms with van der Waals surface area (Å²) in [5.41, 5.74) is 1.04. The van der Waals surface area contributed by atoms with Crippen LogP contribution in [0.15, 0.2) is 6.20 Å². The van der Waals surface area contributed by atoms with Crippen LogP contribution in [-0.4, -0.2) is 44.5 Å². The van der Waals surface area contributed by atoms with Crippen LogP contribution < -0.4 is 5.32 Å². The largest absolute Gasteiger partial charge is 0.479 e. The van der Waals surface area contributed by atoms with E-state index in [2.05, 4.69) is 10.4 Å². The summed E-state index contributed by atoms with van der Waals surface area (Å²) in [6.07, 6.45) is 0.101. The Morgan fingerprint density at radius 1 is 1.59 bits per heavy atom. The van der Waals surface area contributed by atoms with Gasteiger partial charge in [-0.2, -0.15) is 5.10 Å². The lowest BCUT2D eigenvalue weighted by atomic mass is 10.2. The molecule has 1 rings (SSSR count). The fraction of sp³-hybridized carbons (Fsp3) is 0.500. The van der Waals surface area contributed by atoms with Crippen molar-refractivity contribution in [2.45, 2.75) is 19.4 Å². The van der Waals surface area contributed by atoms with Crippen LogP contribution in [0.5, 0.6) is 0 Å². The zero-order valence-electron chi connectivity index (χ0n) is 9.67. The molecule has 0 radical (unpaired) electrons. The number of carbonyl (C=O) groups excluding carboxylic acids is 1. The maximum atomic E-state index is 11.6. The SMILES string of the molecule is Cc1nn(C)cc1C(=O)NCCC(O)C(=O)O. The third kappa shape index (κ3) is 3.56. The maximum absolute atomic E-state index is 11.6. The Hall–Kier alpha value is -1.89. The molecule has 0 saturated carbocycles. The third-order valence-corrected chi connectivity index (χ3v) is 2.25. The summed E-state index contributed by atoms with van der Waals surface area (Å²) in [4.78, 5) is 22.0. The van der Waals surface area contributed by atoms with Gasteiger partial charge in [-0.15, -0.1) is 0 Å². The highest BCUT2D eigenvalue weighted by atomic mass is 16.4. The molecule has 1 amide bonds. The van der Waals surface area contributed by atoms with Crippen LogP contribution in [0.25, 0.3) is 0 Å². The Bertz CT molecular complexity index is 427. The van der Waals surface area contributed by atoms with Gasteiger partial charge < -0.3 is 15.5 Å². The molecule has 0 saturated heterocycles. The number of carbonyl (C=O) groups is 2. The van der Waals surface area contributed by atoms with Crippen LogP contribution in [-0.2, 0) is 11.8 Å². The Kier molecular flexibility index (Phi) is 4.22. The van der Waals surface area contributed by atoms with Crippen molar-refractivity contribution in [3.63, 3.8) is 0 Å². The normalized spacial score (nSPS) is 12.2. The average Bonchev–Trinajstić information content (AvgIpc) is 2.57. The van der Waals surface area contributed by atoms with Crippen LogP contribution in [0, 0.1) is 6.92 Å². The first-order valence-corrected chi connectivity index (χ1v) is 5.11. The van der Waals surface area contributed by atoms with Crippen LogP contribution in [0.2, 0.25) is 0 Å². The molecule has 1 atom stereocenters. The van der Waals surface area contributed by atoms with Gasteiger partial charge in [0.25, 0.3) is 5.91 Å². The molecule has 3 N–H and O–H groups in total. The molecule has 7 heteroatoms. The topological polar surface area (TPSA) is 104 Å². The minimum Gasteiger partial charge on any atom is -0.479 e. The molecular formula is C10H15N3O4. The van der Waals surface area contributed by atoms with E-state index in [0.29, 0.717) is 11.3 Å². The van der Waals surface area contributed by atoms with Gasteiger partial charge in [0, 0.05) is 26.2 Å². The number of hydrogen-bond acceptors (Lipinski definition) is 4. The van der Waals surface area contributed by atoms with Gasteiger partial charge in [-0.25, -0.2) is 4.79 Å². The molecule has 1 aromatic rings. The van der Waals surface area contributed by atoms with Gasteiger partial charge in [0.2, 0.25) is 0 Å². The van der Waals surface area contributed by atoms with Crippen molar-refractivity contribution in [1.29, 1.82) is 0 Å². The number of nitrogens with one attached hydrogen (secondary N) is 1. The number of nitrogens with zero attached hydrogens (tertiary/aromatic N) is 2. The standard InChI is InChI=1S/C10H15N3O4/c1-6-7(5-13(2)12-6)9(15)11-4-3-8(14)10(16)17/h5,8,14H,3-4H2,1-2H3,(H,11,15)(H,16,17). The zero-order chi connectivity index (χ0) is 13.0. The van der Waals surface area contributed by atoms with Gasteiger partial charge in [0.1, 0.15) is 0 Å². The Balaban J connectivity index is 2.45. The summed E-state index contributed by atoms with van der Waals surface area (Å²) >= 11 is 0. The molecule has 0 spiro atoms. The molecule has 0 aliphatic heterocycles. The molecule has 94 valence electrons. The zero-order valence-corrected chi connectivity index (χ0v) is 9.67. The second kappa shape index (κ2) is 5.44. The van der Waals surface area contributed by atoms with Gasteiger partial charge >= 0.3 is 5.97 Å². The average molecular weight is 241 g/mol. The van der Waals surface area contributed by atoms with Crippen molar-refractivity contribution in [3.05, 3.63) is 17.5 Å². The van der Waals surface area contributed by atoms with E-state index >= 15 is 0 Å². The molecule has 1 aromatic heterocycles. The number of amides is 1. The monoisotopic (exact) mass is 241 g/mol. The molecular weight excluding hydrogens is 226 g/mol. The highest BCUT2D eigenvalue weighted by molar-refractivity contribution is 5.95. The lowest BCUT2D eigenvalue weighted by Crippen LogP contribution is -2.30. The van der Waals surface area contributed by atoms with E-state index in [-0.39, 0.29) is 18.9 Å². The summed E-state index contributed by atoms with van der Waals surface area (Å²) < 4.78 is 1.52. The van der Waals surface area contributed by atoms with Crippen molar-refractivity contribution in [2.75, 3.05) is 6.54 Å². The first kappa shape index (κ1) is 13.2. The minimum absolute atomic E-state index is 0.0274. The lowest BCUT2D eigenvalue weighted by molar-refractivity contribution is -0.146. The maximum Gasteiger partial charge on any atom is 0.332 e. The van der Waals surface area contributed by atoms with Crippen LogP contribution in [0.4, 0.5) is 0 Å². The van der Waals surface area contributed by atoms with Crippen LogP contribution in [0.1, 0.15) is 22.5 Å². The van der Waals surface area contributed by atoms with E-state index in [4.69, 9.17) is 10.2 Å². The van der Waals surface area contributed by atoms with E-state index in [1.807, 2.05) is 0 Å². The second-order valence-electron chi connectivity index (χ2n) is 3.70. The van der Waals surface area contributed by atoms with E-state index in [1.54, 1.807) is 20.2 Å². The molecule has 0 aliphatic carbocycles. The Morgan fingerprint density at radius 3 is 2.71 bits per heavy atom. The highest BCUT2D eigenvalue weighted by Crippen LogP contribution is 2.04. The minimum atomic E-state index is -1.45. The van der Waals surface area contributed by atoms with Gasteiger partial charge in [-0.1, -0.05) is 0 Å². The first-order valence-electron chi connectivity index (χ1n) is 5.11. The quantitative estimate of drug-likeness (QED) is 0.632. The summed E-state index contributed by atoms with van der Waals surface area (Å²) in [5.74, 6) is -1.62. The number of hydrogen-bond donors (Lipinski definition) is 3. The summed E-state index contributed by atoms with van der Waals surface area (Å²) in [5, 5.41) is 24.0. The first-order chi connectivity index (χ1) is 7.91. The molecule has 0 fully saturated rings. The predicted octanol–water partition coefficient (Wildman–Crippen LogP) is -0.706. The molecule has 1 heterocycles. The number of aliphatic carboxylic acids is 1. The fourth-order valence-electron chi connectivity index (χ4n) is 1.36. The van der Waals surface area contributed by atoms with Crippen molar-refractivity contribution in [2.24, 2.45) is 7.05 Å². The lowest BCUT2D eigenvalue weighted by Gasteiger charge is -2.06. The fourth-order valence-corrected chi connectivity index (χ4v) is 1.36. The van der Waals surface area contributed by atoms with Crippen LogP contribution in [0.3, 0.4) is 0 Å². The number of aromatic nitrogens is 2. The smallest absolute Gasteiger partial charge is 0.332 e. The highest BCUT2D eigenvalue weighted by Gasteiger charge is 2.15. The van der Waals surface area contributed by atoms with Crippen molar-refractivity contribution < 1.29 is 19.8 Å².